The van der Waals surface area contributed by atoms with E-state index in [2.05, 4.69) is 25.8 Å². The number of ketones is 1. The number of hydrogen-bond acceptors (Lipinski definition) is 6. The molecule has 1 N–H and O–H groups in total. The molecule has 0 unspecified atom stereocenters. The van der Waals surface area contributed by atoms with Gasteiger partial charge in [0.05, 0.1) is 0 Å². The van der Waals surface area contributed by atoms with Gasteiger partial charge in [0.15, 0.2) is 5.82 Å². The standard InChI is InChI=1S/C21H19N7O2/c1-27-11-10-22-20(27)19(29)16-8-5-9-17(13-16)24-21(30)18(28-14-23-25-26-28)12-15-6-3-2-4-7-15/h2-11,13-14,18H,12H2,1H3,(H,24,30)/t18-/m1/s1. The summed E-state index contributed by atoms with van der Waals surface area (Å²) in [5, 5.41) is 14.1. The van der Waals surface area contributed by atoms with E-state index in [0.29, 0.717) is 23.5 Å². The summed E-state index contributed by atoms with van der Waals surface area (Å²) in [4.78, 5) is 29.8. The predicted molar refractivity (Wildman–Crippen MR) is 109 cm³/mol. The molecule has 2 aromatic carbocycles. The summed E-state index contributed by atoms with van der Waals surface area (Å²) in [6.07, 6.45) is 5.11. The van der Waals surface area contributed by atoms with E-state index in [1.54, 1.807) is 48.3 Å². The molecule has 9 heteroatoms. The first-order valence-corrected chi connectivity index (χ1v) is 9.31. The molecule has 0 fully saturated rings. The van der Waals surface area contributed by atoms with Gasteiger partial charge in [0, 0.05) is 37.1 Å². The lowest BCUT2D eigenvalue weighted by atomic mass is 10.0. The maximum absolute atomic E-state index is 13.1. The van der Waals surface area contributed by atoms with Crippen LogP contribution in [-0.4, -0.2) is 41.4 Å². The summed E-state index contributed by atoms with van der Waals surface area (Å²) < 4.78 is 3.08. The highest BCUT2D eigenvalue weighted by atomic mass is 16.2. The SMILES string of the molecule is Cn1ccnc1C(=O)c1cccc(NC(=O)[C@@H](Cc2ccccc2)n2cnnn2)c1. The Bertz CT molecular complexity index is 1150. The van der Waals surface area contributed by atoms with E-state index in [0.717, 1.165) is 5.56 Å². The Hall–Kier alpha value is -4.14. The number of carbonyl (C=O) groups excluding carboxylic acids is 2. The normalized spacial score (nSPS) is 11.8. The van der Waals surface area contributed by atoms with Crippen LogP contribution in [0, 0.1) is 0 Å². The Morgan fingerprint density at radius 1 is 1.10 bits per heavy atom. The summed E-state index contributed by atoms with van der Waals surface area (Å²) in [5.74, 6) is -0.179. The highest BCUT2D eigenvalue weighted by molar-refractivity contribution is 6.07. The van der Waals surface area contributed by atoms with Gasteiger partial charge in [-0.2, -0.15) is 0 Å². The molecule has 4 aromatic rings. The smallest absolute Gasteiger partial charge is 0.249 e. The van der Waals surface area contributed by atoms with Gasteiger partial charge in [-0.1, -0.05) is 42.5 Å². The number of aromatic nitrogens is 6. The maximum Gasteiger partial charge on any atom is 0.249 e. The third-order valence-electron chi connectivity index (χ3n) is 4.68. The minimum atomic E-state index is -0.642. The van der Waals surface area contributed by atoms with Crippen LogP contribution in [0.1, 0.15) is 27.8 Å². The number of benzene rings is 2. The van der Waals surface area contributed by atoms with E-state index in [9.17, 15) is 9.59 Å². The van der Waals surface area contributed by atoms with Crippen LogP contribution in [0.4, 0.5) is 5.69 Å². The molecule has 0 aliphatic rings. The molecule has 1 atom stereocenters. The number of nitrogens with zero attached hydrogens (tertiary/aromatic N) is 6. The van der Waals surface area contributed by atoms with Gasteiger partial charge in [0.1, 0.15) is 12.4 Å². The van der Waals surface area contributed by atoms with Crippen LogP contribution in [0.15, 0.2) is 73.3 Å². The van der Waals surface area contributed by atoms with Crippen molar-refractivity contribution in [1.29, 1.82) is 0 Å². The molecule has 0 aliphatic carbocycles. The molecule has 0 bridgehead atoms. The topological polar surface area (TPSA) is 108 Å². The monoisotopic (exact) mass is 401 g/mol. The summed E-state index contributed by atoms with van der Waals surface area (Å²) in [7, 11) is 1.76. The minimum Gasteiger partial charge on any atom is -0.331 e. The number of nitrogens with one attached hydrogen (secondary N) is 1. The second-order valence-electron chi connectivity index (χ2n) is 6.76. The van der Waals surface area contributed by atoms with E-state index in [4.69, 9.17) is 0 Å². The molecule has 2 aromatic heterocycles. The van der Waals surface area contributed by atoms with Crippen molar-refractivity contribution >= 4 is 17.4 Å². The van der Waals surface area contributed by atoms with Crippen molar-refractivity contribution in [2.45, 2.75) is 12.5 Å². The molecule has 30 heavy (non-hydrogen) atoms. The number of anilines is 1. The van der Waals surface area contributed by atoms with Crippen LogP contribution >= 0.6 is 0 Å². The Labute approximate surface area is 172 Å². The molecule has 4 rings (SSSR count). The average Bonchev–Trinajstić information content (AvgIpc) is 3.44. The van der Waals surface area contributed by atoms with Gasteiger partial charge in [-0.05, 0) is 28.1 Å². The largest absolute Gasteiger partial charge is 0.331 e. The number of aryl methyl sites for hydroxylation is 1. The molecule has 2 heterocycles. The third kappa shape index (κ3) is 4.14. The molecule has 9 nitrogen and oxygen atoms in total. The van der Waals surface area contributed by atoms with Gasteiger partial charge >= 0.3 is 0 Å². The lowest BCUT2D eigenvalue weighted by Gasteiger charge is -2.16. The number of amides is 1. The number of rotatable bonds is 7. The second-order valence-corrected chi connectivity index (χ2v) is 6.76. The number of imidazole rings is 1. The van der Waals surface area contributed by atoms with Crippen molar-refractivity contribution in [3.63, 3.8) is 0 Å². The van der Waals surface area contributed by atoms with Crippen molar-refractivity contribution in [2.24, 2.45) is 7.05 Å². The van der Waals surface area contributed by atoms with Crippen LogP contribution in [-0.2, 0) is 18.3 Å². The summed E-state index contributed by atoms with van der Waals surface area (Å²) in [6, 6.07) is 15.8. The summed E-state index contributed by atoms with van der Waals surface area (Å²) >= 11 is 0. The van der Waals surface area contributed by atoms with E-state index in [1.165, 1.54) is 11.0 Å². The lowest BCUT2D eigenvalue weighted by molar-refractivity contribution is -0.119. The fraction of sp³-hybridized carbons (Fsp3) is 0.143. The first-order chi connectivity index (χ1) is 14.6. The van der Waals surface area contributed by atoms with Crippen LogP contribution in [0.2, 0.25) is 0 Å². The Kier molecular flexibility index (Phi) is 5.42. The maximum atomic E-state index is 13.1. The van der Waals surface area contributed by atoms with Crippen molar-refractivity contribution < 1.29 is 9.59 Å². The molecule has 0 radical (unpaired) electrons. The second kappa shape index (κ2) is 8.48. The van der Waals surface area contributed by atoms with Gasteiger partial charge in [0.25, 0.3) is 0 Å². The van der Waals surface area contributed by atoms with Gasteiger partial charge < -0.3 is 9.88 Å². The first-order valence-electron chi connectivity index (χ1n) is 9.31. The highest BCUT2D eigenvalue weighted by Crippen LogP contribution is 2.18. The molecule has 0 aliphatic heterocycles. The van der Waals surface area contributed by atoms with E-state index < -0.39 is 6.04 Å². The summed E-state index contributed by atoms with van der Waals surface area (Å²) in [5.41, 5.74) is 1.92. The molecule has 150 valence electrons. The number of hydrogen-bond donors (Lipinski definition) is 1. The lowest BCUT2D eigenvalue weighted by Crippen LogP contribution is -2.28. The van der Waals surface area contributed by atoms with Crippen molar-refractivity contribution in [1.82, 2.24) is 29.8 Å². The van der Waals surface area contributed by atoms with Crippen LogP contribution in [0.25, 0.3) is 0 Å². The quantitative estimate of drug-likeness (QED) is 0.475. The van der Waals surface area contributed by atoms with Crippen molar-refractivity contribution in [2.75, 3.05) is 5.32 Å². The molecular formula is C21H19N7O2. The Morgan fingerprint density at radius 2 is 1.93 bits per heavy atom. The fourth-order valence-corrected chi connectivity index (χ4v) is 3.13. The molecule has 0 spiro atoms. The number of carbonyl (C=O) groups is 2. The zero-order valence-electron chi connectivity index (χ0n) is 16.2. The molecule has 0 saturated heterocycles. The Morgan fingerprint density at radius 3 is 2.63 bits per heavy atom. The molecular weight excluding hydrogens is 382 g/mol. The van der Waals surface area contributed by atoms with Gasteiger partial charge in [-0.25, -0.2) is 9.67 Å². The molecule has 1 amide bonds. The van der Waals surface area contributed by atoms with Crippen LogP contribution in [0.3, 0.4) is 0 Å². The van der Waals surface area contributed by atoms with E-state index >= 15 is 0 Å². The van der Waals surface area contributed by atoms with Gasteiger partial charge in [0.2, 0.25) is 11.7 Å². The molecule has 0 saturated carbocycles. The van der Waals surface area contributed by atoms with E-state index in [1.807, 2.05) is 30.3 Å². The minimum absolute atomic E-state index is 0.222. The van der Waals surface area contributed by atoms with Gasteiger partial charge in [-0.15, -0.1) is 5.10 Å². The van der Waals surface area contributed by atoms with Crippen LogP contribution in [0.5, 0.6) is 0 Å². The fourth-order valence-electron chi connectivity index (χ4n) is 3.13. The third-order valence-corrected chi connectivity index (χ3v) is 4.68. The summed E-state index contributed by atoms with van der Waals surface area (Å²) in [6.45, 7) is 0. The van der Waals surface area contributed by atoms with Crippen LogP contribution < -0.4 is 5.32 Å². The van der Waals surface area contributed by atoms with E-state index in [-0.39, 0.29) is 11.7 Å². The van der Waals surface area contributed by atoms with Gasteiger partial charge in [-0.3, -0.25) is 9.59 Å². The number of tetrazole rings is 1. The zero-order valence-corrected chi connectivity index (χ0v) is 16.2. The first kappa shape index (κ1) is 19.2. The zero-order chi connectivity index (χ0) is 20.9. The van der Waals surface area contributed by atoms with Crippen molar-refractivity contribution in [3.05, 3.63) is 90.3 Å². The predicted octanol–water partition coefficient (Wildman–Crippen LogP) is 2.06. The average molecular weight is 401 g/mol. The van der Waals surface area contributed by atoms with Crippen molar-refractivity contribution in [3.8, 4) is 0 Å². The highest BCUT2D eigenvalue weighted by Gasteiger charge is 2.23. The Balaban J connectivity index is 1.55.